The van der Waals surface area contributed by atoms with E-state index in [-0.39, 0.29) is 0 Å². The summed E-state index contributed by atoms with van der Waals surface area (Å²) in [6.07, 6.45) is 2.64. The standard InChI is InChI=1S/C14H18O3/c1-4-16-14(15)9-10-17-13-8-6-5-7-12(13)11(2)3/h5-11H,4H2,1-3H3/b10-9-. The van der Waals surface area contributed by atoms with Gasteiger partial charge in [0.05, 0.1) is 18.9 Å². The minimum Gasteiger partial charge on any atom is -0.464 e. The molecule has 0 unspecified atom stereocenters. The van der Waals surface area contributed by atoms with E-state index in [2.05, 4.69) is 13.8 Å². The van der Waals surface area contributed by atoms with Crippen molar-refractivity contribution in [3.63, 3.8) is 0 Å². The lowest BCUT2D eigenvalue weighted by Gasteiger charge is -2.10. The van der Waals surface area contributed by atoms with E-state index < -0.39 is 5.97 Å². The van der Waals surface area contributed by atoms with Gasteiger partial charge in [-0.05, 0) is 24.5 Å². The Morgan fingerprint density at radius 1 is 1.35 bits per heavy atom. The molecule has 0 heterocycles. The van der Waals surface area contributed by atoms with Crippen LogP contribution < -0.4 is 4.74 Å². The van der Waals surface area contributed by atoms with Gasteiger partial charge in [-0.2, -0.15) is 0 Å². The zero-order valence-corrected chi connectivity index (χ0v) is 10.5. The second-order valence-corrected chi connectivity index (χ2v) is 3.87. The van der Waals surface area contributed by atoms with Crippen LogP contribution in [-0.4, -0.2) is 12.6 Å². The quantitative estimate of drug-likeness (QED) is 0.445. The van der Waals surface area contributed by atoms with Gasteiger partial charge in [0.25, 0.3) is 0 Å². The van der Waals surface area contributed by atoms with Crippen LogP contribution in [0.2, 0.25) is 0 Å². The average molecular weight is 234 g/mol. The first-order chi connectivity index (χ1) is 8.15. The van der Waals surface area contributed by atoms with Crippen molar-refractivity contribution < 1.29 is 14.3 Å². The van der Waals surface area contributed by atoms with E-state index in [1.54, 1.807) is 6.92 Å². The molecule has 1 aromatic rings. The van der Waals surface area contributed by atoms with Crippen molar-refractivity contribution in [1.29, 1.82) is 0 Å². The normalized spacial score (nSPS) is 10.8. The van der Waals surface area contributed by atoms with E-state index in [0.29, 0.717) is 12.5 Å². The molecule has 0 aliphatic heterocycles. The smallest absolute Gasteiger partial charge is 0.333 e. The number of ether oxygens (including phenoxy) is 2. The van der Waals surface area contributed by atoms with Gasteiger partial charge < -0.3 is 9.47 Å². The summed E-state index contributed by atoms with van der Waals surface area (Å²) in [5.74, 6) is 0.750. The summed E-state index contributed by atoms with van der Waals surface area (Å²) in [5, 5.41) is 0. The van der Waals surface area contributed by atoms with E-state index in [0.717, 1.165) is 11.3 Å². The minimum absolute atomic E-state index is 0.367. The van der Waals surface area contributed by atoms with Gasteiger partial charge in [-0.15, -0.1) is 0 Å². The molecule has 0 aromatic heterocycles. The van der Waals surface area contributed by atoms with Gasteiger partial charge in [0.2, 0.25) is 0 Å². The van der Waals surface area contributed by atoms with Gasteiger partial charge in [-0.3, -0.25) is 0 Å². The van der Waals surface area contributed by atoms with Crippen LogP contribution in [-0.2, 0) is 9.53 Å². The molecular formula is C14H18O3. The van der Waals surface area contributed by atoms with Crippen LogP contribution in [0.5, 0.6) is 5.75 Å². The molecule has 0 saturated heterocycles. The molecule has 0 aliphatic rings. The Balaban J connectivity index is 2.66. The summed E-state index contributed by atoms with van der Waals surface area (Å²) >= 11 is 0. The molecule has 92 valence electrons. The van der Waals surface area contributed by atoms with E-state index in [9.17, 15) is 4.79 Å². The fraction of sp³-hybridized carbons (Fsp3) is 0.357. The molecule has 1 rings (SSSR count). The molecule has 0 fully saturated rings. The van der Waals surface area contributed by atoms with Gasteiger partial charge in [-0.25, -0.2) is 4.79 Å². The van der Waals surface area contributed by atoms with Crippen LogP contribution in [0.1, 0.15) is 32.3 Å². The van der Waals surface area contributed by atoms with Crippen LogP contribution in [0, 0.1) is 0 Å². The molecule has 0 atom stereocenters. The highest BCUT2D eigenvalue weighted by molar-refractivity contribution is 5.81. The van der Waals surface area contributed by atoms with Crippen LogP contribution in [0.3, 0.4) is 0 Å². The lowest BCUT2D eigenvalue weighted by Crippen LogP contribution is -2.00. The highest BCUT2D eigenvalue weighted by Gasteiger charge is 2.05. The number of carbonyl (C=O) groups is 1. The Bertz CT molecular complexity index is 394. The van der Waals surface area contributed by atoms with E-state index in [1.165, 1.54) is 12.3 Å². The number of hydrogen-bond donors (Lipinski definition) is 0. The topological polar surface area (TPSA) is 35.5 Å². The maximum atomic E-state index is 11.1. The van der Waals surface area contributed by atoms with E-state index in [4.69, 9.17) is 9.47 Å². The van der Waals surface area contributed by atoms with Gasteiger partial charge in [0.15, 0.2) is 0 Å². The Hall–Kier alpha value is -1.77. The second kappa shape index (κ2) is 6.74. The molecule has 3 heteroatoms. The molecule has 3 nitrogen and oxygen atoms in total. The van der Waals surface area contributed by atoms with Crippen LogP contribution in [0.15, 0.2) is 36.6 Å². The number of para-hydroxylation sites is 1. The number of rotatable bonds is 5. The van der Waals surface area contributed by atoms with Crippen molar-refractivity contribution in [2.45, 2.75) is 26.7 Å². The largest absolute Gasteiger partial charge is 0.464 e. The van der Waals surface area contributed by atoms with Gasteiger partial charge in [0, 0.05) is 0 Å². The number of esters is 1. The van der Waals surface area contributed by atoms with Crippen molar-refractivity contribution in [2.24, 2.45) is 0 Å². The second-order valence-electron chi connectivity index (χ2n) is 3.87. The average Bonchev–Trinajstić information content (AvgIpc) is 2.30. The predicted molar refractivity (Wildman–Crippen MR) is 66.9 cm³/mol. The molecular weight excluding hydrogens is 216 g/mol. The molecule has 0 spiro atoms. The summed E-state index contributed by atoms with van der Waals surface area (Å²) in [7, 11) is 0. The Morgan fingerprint density at radius 3 is 2.71 bits per heavy atom. The summed E-state index contributed by atoms with van der Waals surface area (Å²) in [6.45, 7) is 6.32. The number of carbonyl (C=O) groups excluding carboxylic acids is 1. The maximum Gasteiger partial charge on any atom is 0.333 e. The fourth-order valence-corrected chi connectivity index (χ4v) is 1.42. The zero-order chi connectivity index (χ0) is 12.7. The van der Waals surface area contributed by atoms with Gasteiger partial charge in [-0.1, -0.05) is 32.0 Å². The van der Waals surface area contributed by atoms with Gasteiger partial charge >= 0.3 is 5.97 Å². The molecule has 17 heavy (non-hydrogen) atoms. The minimum atomic E-state index is -0.394. The fourth-order valence-electron chi connectivity index (χ4n) is 1.42. The first-order valence-electron chi connectivity index (χ1n) is 5.74. The Morgan fingerprint density at radius 2 is 2.06 bits per heavy atom. The lowest BCUT2D eigenvalue weighted by molar-refractivity contribution is -0.137. The zero-order valence-electron chi connectivity index (χ0n) is 10.5. The third kappa shape index (κ3) is 4.31. The third-order valence-corrected chi connectivity index (χ3v) is 2.23. The molecule has 0 radical (unpaired) electrons. The van der Waals surface area contributed by atoms with E-state index in [1.807, 2.05) is 24.3 Å². The van der Waals surface area contributed by atoms with Crippen molar-refractivity contribution in [1.82, 2.24) is 0 Å². The predicted octanol–water partition coefficient (Wildman–Crippen LogP) is 3.27. The SMILES string of the molecule is CCOC(=O)/C=C\Oc1ccccc1C(C)C. The van der Waals surface area contributed by atoms with Crippen molar-refractivity contribution in [3.8, 4) is 5.75 Å². The maximum absolute atomic E-state index is 11.1. The van der Waals surface area contributed by atoms with Crippen LogP contribution in [0.4, 0.5) is 0 Å². The van der Waals surface area contributed by atoms with Crippen LogP contribution in [0.25, 0.3) is 0 Å². The number of hydrogen-bond acceptors (Lipinski definition) is 3. The number of benzene rings is 1. The Labute approximate surface area is 102 Å². The first-order valence-corrected chi connectivity index (χ1v) is 5.74. The summed E-state index contributed by atoms with van der Waals surface area (Å²) in [6, 6.07) is 7.76. The van der Waals surface area contributed by atoms with Gasteiger partial charge in [0.1, 0.15) is 5.75 Å². The molecule has 0 bridgehead atoms. The molecule has 0 aliphatic carbocycles. The first kappa shape index (κ1) is 13.3. The van der Waals surface area contributed by atoms with Crippen molar-refractivity contribution in [2.75, 3.05) is 6.61 Å². The van der Waals surface area contributed by atoms with Crippen LogP contribution >= 0.6 is 0 Å². The highest BCUT2D eigenvalue weighted by Crippen LogP contribution is 2.25. The molecule has 0 saturated carbocycles. The highest BCUT2D eigenvalue weighted by atomic mass is 16.5. The summed E-state index contributed by atoms with van der Waals surface area (Å²) in [5.41, 5.74) is 1.11. The molecule has 0 amide bonds. The van der Waals surface area contributed by atoms with Crippen molar-refractivity contribution in [3.05, 3.63) is 42.2 Å². The van der Waals surface area contributed by atoms with E-state index >= 15 is 0 Å². The third-order valence-electron chi connectivity index (χ3n) is 2.23. The summed E-state index contributed by atoms with van der Waals surface area (Å²) < 4.78 is 10.2. The monoisotopic (exact) mass is 234 g/mol. The molecule has 1 aromatic carbocycles. The summed E-state index contributed by atoms with van der Waals surface area (Å²) in [4.78, 5) is 11.1. The lowest BCUT2D eigenvalue weighted by atomic mass is 10.0. The van der Waals surface area contributed by atoms with Crippen molar-refractivity contribution >= 4 is 5.97 Å². The Kier molecular flexibility index (Phi) is 5.27. The molecule has 0 N–H and O–H groups in total.